The number of rotatable bonds is 5. The van der Waals surface area contributed by atoms with E-state index in [1.807, 2.05) is 6.07 Å². The minimum absolute atomic E-state index is 0.438. The van der Waals surface area contributed by atoms with Gasteiger partial charge in [0.2, 0.25) is 0 Å². The number of benzene rings is 1. The molecule has 3 atom stereocenters. The lowest BCUT2D eigenvalue weighted by molar-refractivity contribution is 0.223. The molecule has 0 aromatic heterocycles. The third kappa shape index (κ3) is 4.47. The Morgan fingerprint density at radius 3 is 2.80 bits per heavy atom. The van der Waals surface area contributed by atoms with Gasteiger partial charge in [0.25, 0.3) is 0 Å². The van der Waals surface area contributed by atoms with Crippen molar-refractivity contribution in [3.63, 3.8) is 0 Å². The van der Waals surface area contributed by atoms with E-state index in [1.54, 1.807) is 0 Å². The van der Waals surface area contributed by atoms with Gasteiger partial charge in [-0.15, -0.1) is 0 Å². The van der Waals surface area contributed by atoms with E-state index >= 15 is 0 Å². The molecular formula is C17H25BrClN. The normalized spacial score (nSPS) is 24.6. The highest BCUT2D eigenvalue weighted by atomic mass is 79.9. The van der Waals surface area contributed by atoms with Crippen molar-refractivity contribution >= 4 is 27.5 Å². The zero-order valence-corrected chi connectivity index (χ0v) is 14.8. The molecule has 1 N–H and O–H groups in total. The topological polar surface area (TPSA) is 12.0 Å². The SMILES string of the molecule is CCCNC(c1cc(Cl)cc(Br)c1)C1CCCC(C)C1. The summed E-state index contributed by atoms with van der Waals surface area (Å²) in [6.45, 7) is 5.68. The maximum Gasteiger partial charge on any atom is 0.0420 e. The fraction of sp³-hybridized carbons (Fsp3) is 0.647. The first-order valence-corrected chi connectivity index (χ1v) is 8.96. The zero-order valence-electron chi connectivity index (χ0n) is 12.5. The highest BCUT2D eigenvalue weighted by Gasteiger charge is 2.27. The first-order chi connectivity index (χ1) is 9.60. The monoisotopic (exact) mass is 357 g/mol. The van der Waals surface area contributed by atoms with Crippen molar-refractivity contribution in [3.05, 3.63) is 33.3 Å². The molecule has 1 aliphatic carbocycles. The summed E-state index contributed by atoms with van der Waals surface area (Å²) in [5.41, 5.74) is 1.33. The van der Waals surface area contributed by atoms with Gasteiger partial charge in [0.05, 0.1) is 0 Å². The van der Waals surface area contributed by atoms with Crippen LogP contribution in [0.2, 0.25) is 5.02 Å². The largest absolute Gasteiger partial charge is 0.310 e. The molecule has 3 heteroatoms. The van der Waals surface area contributed by atoms with E-state index in [4.69, 9.17) is 11.6 Å². The van der Waals surface area contributed by atoms with Crippen molar-refractivity contribution in [2.45, 2.75) is 52.0 Å². The van der Waals surface area contributed by atoms with E-state index in [0.29, 0.717) is 6.04 Å². The van der Waals surface area contributed by atoms with Crippen LogP contribution in [0.3, 0.4) is 0 Å². The summed E-state index contributed by atoms with van der Waals surface area (Å²) < 4.78 is 1.08. The summed E-state index contributed by atoms with van der Waals surface area (Å²) in [6.07, 6.45) is 6.57. The molecule has 1 aromatic carbocycles. The van der Waals surface area contributed by atoms with E-state index in [9.17, 15) is 0 Å². The summed E-state index contributed by atoms with van der Waals surface area (Å²) >= 11 is 9.81. The van der Waals surface area contributed by atoms with Crippen LogP contribution in [0.5, 0.6) is 0 Å². The summed E-state index contributed by atoms with van der Waals surface area (Å²) in [7, 11) is 0. The Morgan fingerprint density at radius 2 is 2.15 bits per heavy atom. The van der Waals surface area contributed by atoms with Crippen LogP contribution in [-0.2, 0) is 0 Å². The van der Waals surface area contributed by atoms with Crippen LogP contribution in [0.15, 0.2) is 22.7 Å². The lowest BCUT2D eigenvalue weighted by Crippen LogP contribution is -2.31. The van der Waals surface area contributed by atoms with E-state index in [0.717, 1.165) is 27.9 Å². The van der Waals surface area contributed by atoms with Gasteiger partial charge < -0.3 is 5.32 Å². The van der Waals surface area contributed by atoms with E-state index in [1.165, 1.54) is 37.7 Å². The van der Waals surface area contributed by atoms with Crippen LogP contribution in [-0.4, -0.2) is 6.54 Å². The number of hydrogen-bond donors (Lipinski definition) is 1. The molecule has 1 aliphatic rings. The van der Waals surface area contributed by atoms with Crippen molar-refractivity contribution in [2.24, 2.45) is 11.8 Å². The zero-order chi connectivity index (χ0) is 14.5. The van der Waals surface area contributed by atoms with Crippen molar-refractivity contribution in [1.29, 1.82) is 0 Å². The third-order valence-corrected chi connectivity index (χ3v) is 4.98. The van der Waals surface area contributed by atoms with Gasteiger partial charge in [-0.1, -0.05) is 54.2 Å². The second-order valence-corrected chi connectivity index (χ2v) is 7.52. The fourth-order valence-electron chi connectivity index (χ4n) is 3.40. The quantitative estimate of drug-likeness (QED) is 0.683. The van der Waals surface area contributed by atoms with Gasteiger partial charge in [0.15, 0.2) is 0 Å². The van der Waals surface area contributed by atoms with Gasteiger partial charge in [-0.2, -0.15) is 0 Å². The van der Waals surface area contributed by atoms with Crippen LogP contribution in [0.4, 0.5) is 0 Å². The highest BCUT2D eigenvalue weighted by Crippen LogP contribution is 2.38. The first-order valence-electron chi connectivity index (χ1n) is 7.79. The molecule has 3 unspecified atom stereocenters. The van der Waals surface area contributed by atoms with Crippen LogP contribution in [0, 0.1) is 11.8 Å². The molecule has 1 nitrogen and oxygen atoms in total. The Morgan fingerprint density at radius 1 is 1.35 bits per heavy atom. The van der Waals surface area contributed by atoms with Gasteiger partial charge in [0, 0.05) is 15.5 Å². The molecule has 2 rings (SSSR count). The Labute approximate surface area is 136 Å². The predicted octanol–water partition coefficient (Wildman–Crippen LogP) is 5.97. The minimum atomic E-state index is 0.438. The summed E-state index contributed by atoms with van der Waals surface area (Å²) in [6, 6.07) is 6.75. The maximum absolute atomic E-state index is 6.24. The first kappa shape index (κ1) is 16.3. The number of nitrogens with one attached hydrogen (secondary N) is 1. The van der Waals surface area contributed by atoms with Crippen LogP contribution >= 0.6 is 27.5 Å². The molecule has 20 heavy (non-hydrogen) atoms. The summed E-state index contributed by atoms with van der Waals surface area (Å²) in [4.78, 5) is 0. The lowest BCUT2D eigenvalue weighted by Gasteiger charge is -2.34. The van der Waals surface area contributed by atoms with Crippen LogP contribution in [0.25, 0.3) is 0 Å². The Bertz CT molecular complexity index is 415. The summed E-state index contributed by atoms with van der Waals surface area (Å²) in [5.74, 6) is 1.58. The summed E-state index contributed by atoms with van der Waals surface area (Å²) in [5, 5.41) is 4.57. The Balaban J connectivity index is 2.21. The maximum atomic E-state index is 6.24. The second-order valence-electron chi connectivity index (χ2n) is 6.17. The Kier molecular flexibility index (Phi) is 6.38. The van der Waals surface area contributed by atoms with Gasteiger partial charge in [-0.05, 0) is 61.4 Å². The fourth-order valence-corrected chi connectivity index (χ4v) is 4.28. The molecule has 0 spiro atoms. The van der Waals surface area contributed by atoms with E-state index in [-0.39, 0.29) is 0 Å². The van der Waals surface area contributed by atoms with Crippen molar-refractivity contribution in [1.82, 2.24) is 5.32 Å². The van der Waals surface area contributed by atoms with Gasteiger partial charge in [-0.25, -0.2) is 0 Å². The van der Waals surface area contributed by atoms with Crippen LogP contribution in [0.1, 0.15) is 57.6 Å². The minimum Gasteiger partial charge on any atom is -0.310 e. The van der Waals surface area contributed by atoms with Crippen molar-refractivity contribution in [3.8, 4) is 0 Å². The van der Waals surface area contributed by atoms with Crippen LogP contribution < -0.4 is 5.32 Å². The standard InChI is InChI=1S/C17H25BrClN/c1-3-7-20-17(13-6-4-5-12(2)8-13)14-9-15(18)11-16(19)10-14/h9-13,17,20H,3-8H2,1-2H3. The van der Waals surface area contributed by atoms with Gasteiger partial charge >= 0.3 is 0 Å². The molecule has 0 radical (unpaired) electrons. The van der Waals surface area contributed by atoms with Gasteiger partial charge in [0.1, 0.15) is 0 Å². The molecule has 1 fully saturated rings. The molecular weight excluding hydrogens is 334 g/mol. The average Bonchev–Trinajstić information content (AvgIpc) is 2.38. The lowest BCUT2D eigenvalue weighted by atomic mass is 9.76. The molecule has 0 heterocycles. The smallest absolute Gasteiger partial charge is 0.0420 e. The molecule has 0 bridgehead atoms. The molecule has 1 saturated carbocycles. The predicted molar refractivity (Wildman–Crippen MR) is 91.3 cm³/mol. The number of hydrogen-bond acceptors (Lipinski definition) is 1. The highest BCUT2D eigenvalue weighted by molar-refractivity contribution is 9.10. The molecule has 0 aliphatic heterocycles. The van der Waals surface area contributed by atoms with Crippen molar-refractivity contribution in [2.75, 3.05) is 6.54 Å². The Hall–Kier alpha value is -0.0500. The van der Waals surface area contributed by atoms with Crippen molar-refractivity contribution < 1.29 is 0 Å². The molecule has 0 saturated heterocycles. The molecule has 1 aromatic rings. The molecule has 0 amide bonds. The van der Waals surface area contributed by atoms with E-state index in [2.05, 4.69) is 47.2 Å². The number of halogens is 2. The second kappa shape index (κ2) is 7.82. The third-order valence-electron chi connectivity index (χ3n) is 4.31. The van der Waals surface area contributed by atoms with Gasteiger partial charge in [-0.3, -0.25) is 0 Å². The van der Waals surface area contributed by atoms with E-state index < -0.39 is 0 Å². The average molecular weight is 359 g/mol. The molecule has 112 valence electrons.